The smallest absolute Gasteiger partial charge is 0.224 e. The number of carbonyl (C=O) groups is 1. The fraction of sp³-hybridized carbons (Fsp3) is 0.133. The molecule has 0 radical (unpaired) electrons. The minimum atomic E-state index is 0.0289. The highest BCUT2D eigenvalue weighted by Crippen LogP contribution is 2.18. The number of amides is 1. The Kier molecular flexibility index (Phi) is 3.55. The molecule has 0 unspecified atom stereocenters. The number of benzene rings is 2. The molecule has 17 heavy (non-hydrogen) atoms. The van der Waals surface area contributed by atoms with Crippen LogP contribution in [0.25, 0.3) is 10.8 Å². The van der Waals surface area contributed by atoms with E-state index in [1.807, 2.05) is 30.3 Å². The molecular weight excluding hydrogens is 210 g/mol. The maximum atomic E-state index is 11.7. The topological polar surface area (TPSA) is 29.1 Å². The lowest BCUT2D eigenvalue weighted by Crippen LogP contribution is -2.24. The van der Waals surface area contributed by atoms with Gasteiger partial charge < -0.3 is 5.32 Å². The van der Waals surface area contributed by atoms with E-state index in [4.69, 9.17) is 0 Å². The summed E-state index contributed by atoms with van der Waals surface area (Å²) in [6.07, 6.45) is 2.09. The van der Waals surface area contributed by atoms with E-state index < -0.39 is 0 Å². The van der Waals surface area contributed by atoms with Crippen molar-refractivity contribution in [1.82, 2.24) is 5.32 Å². The van der Waals surface area contributed by atoms with Gasteiger partial charge in [0.1, 0.15) is 0 Å². The summed E-state index contributed by atoms with van der Waals surface area (Å²) in [7, 11) is 0. The molecule has 0 spiro atoms. The number of carbonyl (C=O) groups excluding carboxylic acids is 1. The third-order valence-corrected chi connectivity index (χ3v) is 2.67. The first kappa shape index (κ1) is 11.4. The Morgan fingerprint density at radius 2 is 1.94 bits per heavy atom. The van der Waals surface area contributed by atoms with Gasteiger partial charge in [-0.1, -0.05) is 48.5 Å². The van der Waals surface area contributed by atoms with Gasteiger partial charge in [-0.25, -0.2) is 0 Å². The first-order valence-electron chi connectivity index (χ1n) is 5.65. The summed E-state index contributed by atoms with van der Waals surface area (Å²) in [6.45, 7) is 4.09. The van der Waals surface area contributed by atoms with E-state index >= 15 is 0 Å². The van der Waals surface area contributed by atoms with Crippen molar-refractivity contribution in [2.75, 3.05) is 6.54 Å². The fourth-order valence-corrected chi connectivity index (χ4v) is 1.87. The molecule has 86 valence electrons. The van der Waals surface area contributed by atoms with Crippen LogP contribution in [0.2, 0.25) is 0 Å². The van der Waals surface area contributed by atoms with Crippen LogP contribution in [0.3, 0.4) is 0 Å². The minimum absolute atomic E-state index is 0.0289. The van der Waals surface area contributed by atoms with Crippen molar-refractivity contribution in [3.63, 3.8) is 0 Å². The second-order valence-corrected chi connectivity index (χ2v) is 3.91. The Balaban J connectivity index is 2.23. The summed E-state index contributed by atoms with van der Waals surface area (Å²) in [6, 6.07) is 14.1. The summed E-state index contributed by atoms with van der Waals surface area (Å²) < 4.78 is 0. The van der Waals surface area contributed by atoms with Crippen LogP contribution < -0.4 is 5.32 Å². The van der Waals surface area contributed by atoms with Gasteiger partial charge in [0.05, 0.1) is 6.42 Å². The van der Waals surface area contributed by atoms with Crippen LogP contribution in [0.4, 0.5) is 0 Å². The molecule has 2 nitrogen and oxygen atoms in total. The number of fused-ring (bicyclic) bond motifs is 1. The standard InChI is InChI=1S/C15H15NO/c1-2-10-16-15(17)11-13-8-5-7-12-6-3-4-9-14(12)13/h2-9H,1,10-11H2,(H,16,17). The molecule has 2 rings (SSSR count). The van der Waals surface area contributed by atoms with Crippen molar-refractivity contribution in [3.05, 3.63) is 60.7 Å². The zero-order valence-corrected chi connectivity index (χ0v) is 9.65. The largest absolute Gasteiger partial charge is 0.352 e. The molecule has 0 saturated heterocycles. The predicted octanol–water partition coefficient (Wildman–Crippen LogP) is 2.68. The lowest BCUT2D eigenvalue weighted by atomic mass is 10.0. The molecule has 1 amide bonds. The van der Waals surface area contributed by atoms with Gasteiger partial charge in [0.25, 0.3) is 0 Å². The van der Waals surface area contributed by atoms with Crippen LogP contribution in [0, 0.1) is 0 Å². The second-order valence-electron chi connectivity index (χ2n) is 3.91. The number of hydrogen-bond donors (Lipinski definition) is 1. The molecule has 2 aromatic carbocycles. The molecule has 2 heteroatoms. The van der Waals surface area contributed by atoms with Crippen molar-refractivity contribution >= 4 is 16.7 Å². The number of nitrogens with one attached hydrogen (secondary N) is 1. The Morgan fingerprint density at radius 1 is 1.18 bits per heavy atom. The number of rotatable bonds is 4. The van der Waals surface area contributed by atoms with Gasteiger partial charge in [0.15, 0.2) is 0 Å². The predicted molar refractivity (Wildman–Crippen MR) is 70.9 cm³/mol. The molecule has 0 fully saturated rings. The maximum absolute atomic E-state index is 11.7. The van der Waals surface area contributed by atoms with E-state index in [0.29, 0.717) is 13.0 Å². The normalized spacial score (nSPS) is 10.1. The van der Waals surface area contributed by atoms with Gasteiger partial charge in [0, 0.05) is 6.54 Å². The van der Waals surface area contributed by atoms with Crippen LogP contribution >= 0.6 is 0 Å². The zero-order valence-electron chi connectivity index (χ0n) is 9.65. The van der Waals surface area contributed by atoms with Crippen molar-refractivity contribution in [2.45, 2.75) is 6.42 Å². The van der Waals surface area contributed by atoms with Crippen LogP contribution in [0.1, 0.15) is 5.56 Å². The summed E-state index contributed by atoms with van der Waals surface area (Å²) >= 11 is 0. The van der Waals surface area contributed by atoms with Crippen LogP contribution in [0.5, 0.6) is 0 Å². The molecule has 0 bridgehead atoms. The first-order valence-corrected chi connectivity index (χ1v) is 5.65. The van der Waals surface area contributed by atoms with Gasteiger partial charge >= 0.3 is 0 Å². The molecule has 2 aromatic rings. The van der Waals surface area contributed by atoms with E-state index in [0.717, 1.165) is 10.9 Å². The molecule has 0 saturated carbocycles. The van der Waals surface area contributed by atoms with Crippen LogP contribution in [0.15, 0.2) is 55.1 Å². The van der Waals surface area contributed by atoms with Gasteiger partial charge in [-0.3, -0.25) is 4.79 Å². The van der Waals surface area contributed by atoms with E-state index in [-0.39, 0.29) is 5.91 Å². The van der Waals surface area contributed by atoms with Gasteiger partial charge in [0.2, 0.25) is 5.91 Å². The third kappa shape index (κ3) is 2.72. The van der Waals surface area contributed by atoms with Crippen molar-refractivity contribution in [3.8, 4) is 0 Å². The summed E-state index contributed by atoms with van der Waals surface area (Å²) in [5.41, 5.74) is 1.06. The van der Waals surface area contributed by atoms with Gasteiger partial charge in [-0.2, -0.15) is 0 Å². The SMILES string of the molecule is C=CCNC(=O)Cc1cccc2ccccc12. The quantitative estimate of drug-likeness (QED) is 0.796. The van der Waals surface area contributed by atoms with Gasteiger partial charge in [-0.05, 0) is 16.3 Å². The first-order chi connectivity index (χ1) is 8.31. The second kappa shape index (κ2) is 5.30. The highest BCUT2D eigenvalue weighted by atomic mass is 16.1. The van der Waals surface area contributed by atoms with Crippen molar-refractivity contribution in [2.24, 2.45) is 0 Å². The Hall–Kier alpha value is -2.09. The van der Waals surface area contributed by atoms with Crippen molar-refractivity contribution < 1.29 is 4.79 Å². The lowest BCUT2D eigenvalue weighted by molar-refractivity contribution is -0.120. The lowest BCUT2D eigenvalue weighted by Gasteiger charge is -2.06. The third-order valence-electron chi connectivity index (χ3n) is 2.67. The Bertz CT molecular complexity index is 540. The Morgan fingerprint density at radius 3 is 2.76 bits per heavy atom. The summed E-state index contributed by atoms with van der Waals surface area (Å²) in [5, 5.41) is 5.10. The molecule has 1 N–H and O–H groups in total. The number of hydrogen-bond acceptors (Lipinski definition) is 1. The van der Waals surface area contributed by atoms with E-state index in [2.05, 4.69) is 24.0 Å². The van der Waals surface area contributed by atoms with Crippen molar-refractivity contribution in [1.29, 1.82) is 0 Å². The average Bonchev–Trinajstić information content (AvgIpc) is 2.37. The summed E-state index contributed by atoms with van der Waals surface area (Å²) in [5.74, 6) is 0.0289. The molecular formula is C15H15NO. The molecule has 0 aliphatic rings. The molecule has 0 aliphatic carbocycles. The summed E-state index contributed by atoms with van der Waals surface area (Å²) in [4.78, 5) is 11.7. The van der Waals surface area contributed by atoms with Crippen LogP contribution in [-0.2, 0) is 11.2 Å². The molecule has 0 aromatic heterocycles. The van der Waals surface area contributed by atoms with Crippen LogP contribution in [-0.4, -0.2) is 12.5 Å². The van der Waals surface area contributed by atoms with E-state index in [1.54, 1.807) is 6.08 Å². The maximum Gasteiger partial charge on any atom is 0.224 e. The minimum Gasteiger partial charge on any atom is -0.352 e. The zero-order chi connectivity index (χ0) is 12.1. The van der Waals surface area contributed by atoms with E-state index in [9.17, 15) is 4.79 Å². The monoisotopic (exact) mass is 225 g/mol. The van der Waals surface area contributed by atoms with E-state index in [1.165, 1.54) is 5.39 Å². The molecule has 0 aliphatic heterocycles. The molecule has 0 atom stereocenters. The average molecular weight is 225 g/mol. The molecule has 0 heterocycles. The van der Waals surface area contributed by atoms with Gasteiger partial charge in [-0.15, -0.1) is 6.58 Å². The highest BCUT2D eigenvalue weighted by Gasteiger charge is 2.05. The Labute approximate surface area is 101 Å². The highest BCUT2D eigenvalue weighted by molar-refractivity contribution is 5.90. The fourth-order valence-electron chi connectivity index (χ4n) is 1.87.